The van der Waals surface area contributed by atoms with Crippen LogP contribution in [0.25, 0.3) is 0 Å². The summed E-state index contributed by atoms with van der Waals surface area (Å²) in [6.45, 7) is 6.17. The molecule has 1 aliphatic carbocycles. The molecule has 3 atom stereocenters. The van der Waals surface area contributed by atoms with E-state index in [0.717, 1.165) is 11.3 Å². The van der Waals surface area contributed by atoms with E-state index < -0.39 is 17.7 Å². The standard InChI is InChI=1S/C21H27N3O4/c1-14-8-20(2,3)13-21(9-14)18(26)24(19(27)23-21)11-16(25)12-28-17-6-4-15(10-22)5-7-17/h4-7,14,16,25H,8-9,11-13H2,1-3H3,(H,23,27)/t14-,16-,21+/m1/s1. The fourth-order valence-corrected chi connectivity index (χ4v) is 4.75. The van der Waals surface area contributed by atoms with Gasteiger partial charge in [0.25, 0.3) is 5.91 Å². The minimum Gasteiger partial charge on any atom is -0.491 e. The number of ether oxygens (including phenoxy) is 1. The van der Waals surface area contributed by atoms with Crippen molar-refractivity contribution in [1.29, 1.82) is 5.26 Å². The summed E-state index contributed by atoms with van der Waals surface area (Å²) < 4.78 is 5.51. The molecule has 1 aromatic rings. The lowest BCUT2D eigenvalue weighted by Crippen LogP contribution is -2.54. The molecule has 1 aliphatic heterocycles. The molecule has 1 spiro atoms. The van der Waals surface area contributed by atoms with Gasteiger partial charge in [0.1, 0.15) is 24.0 Å². The van der Waals surface area contributed by atoms with Crippen LogP contribution >= 0.6 is 0 Å². The number of hydrogen-bond donors (Lipinski definition) is 2. The molecule has 150 valence electrons. The summed E-state index contributed by atoms with van der Waals surface area (Å²) in [7, 11) is 0. The molecular weight excluding hydrogens is 358 g/mol. The molecule has 3 amide bonds. The van der Waals surface area contributed by atoms with Gasteiger partial charge in [-0.05, 0) is 54.9 Å². The van der Waals surface area contributed by atoms with Crippen molar-refractivity contribution in [3.05, 3.63) is 29.8 Å². The molecule has 28 heavy (non-hydrogen) atoms. The zero-order chi connectivity index (χ0) is 20.5. The van der Waals surface area contributed by atoms with Crippen LogP contribution in [0.4, 0.5) is 4.79 Å². The van der Waals surface area contributed by atoms with E-state index in [1.54, 1.807) is 24.3 Å². The van der Waals surface area contributed by atoms with Gasteiger partial charge in [-0.1, -0.05) is 20.8 Å². The number of carbonyl (C=O) groups excluding carboxylic acids is 2. The van der Waals surface area contributed by atoms with Gasteiger partial charge in [-0.2, -0.15) is 5.26 Å². The first-order chi connectivity index (χ1) is 13.1. The summed E-state index contributed by atoms with van der Waals surface area (Å²) in [5.74, 6) is 0.585. The Bertz CT molecular complexity index is 799. The topological polar surface area (TPSA) is 103 Å². The van der Waals surface area contributed by atoms with E-state index in [1.807, 2.05) is 6.07 Å². The number of nitrogens with zero attached hydrogens (tertiary/aromatic N) is 2. The number of carbonyl (C=O) groups is 2. The second kappa shape index (κ2) is 7.44. The number of nitriles is 1. The quantitative estimate of drug-likeness (QED) is 0.758. The molecule has 2 fully saturated rings. The van der Waals surface area contributed by atoms with E-state index >= 15 is 0 Å². The number of imide groups is 1. The number of amides is 3. The summed E-state index contributed by atoms with van der Waals surface area (Å²) in [6, 6.07) is 8.09. The van der Waals surface area contributed by atoms with Crippen LogP contribution in [0.3, 0.4) is 0 Å². The van der Waals surface area contributed by atoms with Crippen molar-refractivity contribution in [2.24, 2.45) is 11.3 Å². The van der Waals surface area contributed by atoms with Crippen molar-refractivity contribution in [2.45, 2.75) is 51.7 Å². The number of aliphatic hydroxyl groups excluding tert-OH is 1. The first-order valence-electron chi connectivity index (χ1n) is 9.59. The number of nitrogens with one attached hydrogen (secondary N) is 1. The van der Waals surface area contributed by atoms with Crippen molar-refractivity contribution in [3.8, 4) is 11.8 Å². The third kappa shape index (κ3) is 4.12. The Morgan fingerprint density at radius 1 is 1.32 bits per heavy atom. The summed E-state index contributed by atoms with van der Waals surface area (Å²) in [6.07, 6.45) is 1.23. The monoisotopic (exact) mass is 385 g/mol. The summed E-state index contributed by atoms with van der Waals surface area (Å²) >= 11 is 0. The SMILES string of the molecule is C[C@@H]1CC(C)(C)C[C@]2(C1)NC(=O)N(C[C@@H](O)COc1ccc(C#N)cc1)C2=O. The van der Waals surface area contributed by atoms with Gasteiger partial charge < -0.3 is 15.2 Å². The molecule has 1 saturated carbocycles. The number of hydrogen-bond acceptors (Lipinski definition) is 5. The smallest absolute Gasteiger partial charge is 0.325 e. The third-order valence-electron chi connectivity index (χ3n) is 5.44. The van der Waals surface area contributed by atoms with Crippen LogP contribution in [0.15, 0.2) is 24.3 Å². The number of rotatable bonds is 5. The van der Waals surface area contributed by atoms with Crippen molar-refractivity contribution in [2.75, 3.05) is 13.2 Å². The van der Waals surface area contributed by atoms with Gasteiger partial charge in [-0.3, -0.25) is 9.69 Å². The maximum atomic E-state index is 13.1. The lowest BCUT2D eigenvalue weighted by atomic mass is 9.64. The molecule has 3 rings (SSSR count). The van der Waals surface area contributed by atoms with Gasteiger partial charge in [-0.15, -0.1) is 0 Å². The lowest BCUT2D eigenvalue weighted by molar-refractivity contribution is -0.135. The fourth-order valence-electron chi connectivity index (χ4n) is 4.75. The van der Waals surface area contributed by atoms with Crippen LogP contribution in [-0.4, -0.2) is 46.7 Å². The largest absolute Gasteiger partial charge is 0.491 e. The molecule has 0 bridgehead atoms. The maximum absolute atomic E-state index is 13.1. The molecule has 0 radical (unpaired) electrons. The average Bonchev–Trinajstić information content (AvgIpc) is 2.82. The second-order valence-corrected chi connectivity index (χ2v) is 8.88. The average molecular weight is 385 g/mol. The molecule has 0 unspecified atom stereocenters. The highest BCUT2D eigenvalue weighted by molar-refractivity contribution is 6.07. The van der Waals surface area contributed by atoms with Crippen LogP contribution in [-0.2, 0) is 4.79 Å². The highest BCUT2D eigenvalue weighted by atomic mass is 16.5. The van der Waals surface area contributed by atoms with Crippen molar-refractivity contribution in [1.82, 2.24) is 10.2 Å². The zero-order valence-electron chi connectivity index (χ0n) is 16.6. The van der Waals surface area contributed by atoms with Crippen LogP contribution < -0.4 is 10.1 Å². The molecule has 1 saturated heterocycles. The van der Waals surface area contributed by atoms with Gasteiger partial charge >= 0.3 is 6.03 Å². The molecule has 0 aromatic heterocycles. The third-order valence-corrected chi connectivity index (χ3v) is 5.44. The van der Waals surface area contributed by atoms with Crippen LogP contribution in [0.5, 0.6) is 5.75 Å². The van der Waals surface area contributed by atoms with Crippen LogP contribution in [0, 0.1) is 22.7 Å². The lowest BCUT2D eigenvalue weighted by Gasteiger charge is -2.43. The van der Waals surface area contributed by atoms with Crippen LogP contribution in [0.1, 0.15) is 45.6 Å². The molecule has 1 aromatic carbocycles. The minimum absolute atomic E-state index is 0.0338. The van der Waals surface area contributed by atoms with Gasteiger partial charge in [0.15, 0.2) is 0 Å². The normalized spacial score (nSPS) is 27.4. The maximum Gasteiger partial charge on any atom is 0.325 e. The van der Waals surface area contributed by atoms with Crippen LogP contribution in [0.2, 0.25) is 0 Å². The predicted octanol–water partition coefficient (Wildman–Crippen LogP) is 2.43. The Kier molecular flexibility index (Phi) is 5.35. The van der Waals surface area contributed by atoms with E-state index in [2.05, 4.69) is 26.1 Å². The second-order valence-electron chi connectivity index (χ2n) is 8.88. The summed E-state index contributed by atoms with van der Waals surface area (Å²) in [5.41, 5.74) is -0.387. The minimum atomic E-state index is -1.01. The summed E-state index contributed by atoms with van der Waals surface area (Å²) in [5, 5.41) is 22.0. The van der Waals surface area contributed by atoms with Gasteiger partial charge in [-0.25, -0.2) is 4.79 Å². The molecule has 2 aliphatic rings. The number of aliphatic hydroxyl groups is 1. The van der Waals surface area contributed by atoms with Gasteiger partial charge in [0.05, 0.1) is 18.2 Å². The number of urea groups is 1. The van der Waals surface area contributed by atoms with E-state index in [9.17, 15) is 14.7 Å². The fraction of sp³-hybridized carbons (Fsp3) is 0.571. The number of β-amino-alcohol motifs (C(OH)–C–C–N with tert-alkyl or cyclic N) is 1. The molecule has 1 heterocycles. The summed E-state index contributed by atoms with van der Waals surface area (Å²) in [4.78, 5) is 26.6. The van der Waals surface area contributed by atoms with E-state index in [1.165, 1.54) is 0 Å². The Morgan fingerprint density at radius 2 is 2.00 bits per heavy atom. The van der Waals surface area contributed by atoms with E-state index in [4.69, 9.17) is 10.00 Å². The Balaban J connectivity index is 1.61. The van der Waals surface area contributed by atoms with Crippen molar-refractivity contribution in [3.63, 3.8) is 0 Å². The molecule has 7 nitrogen and oxygen atoms in total. The van der Waals surface area contributed by atoms with Gasteiger partial charge in [0.2, 0.25) is 0 Å². The van der Waals surface area contributed by atoms with Gasteiger partial charge in [0, 0.05) is 0 Å². The Labute approximate surface area is 165 Å². The van der Waals surface area contributed by atoms with E-state index in [0.29, 0.717) is 30.1 Å². The highest BCUT2D eigenvalue weighted by Gasteiger charge is 2.56. The highest BCUT2D eigenvalue weighted by Crippen LogP contribution is 2.46. The first-order valence-corrected chi connectivity index (χ1v) is 9.59. The number of benzene rings is 1. The Morgan fingerprint density at radius 3 is 2.61 bits per heavy atom. The zero-order valence-corrected chi connectivity index (χ0v) is 16.6. The predicted molar refractivity (Wildman–Crippen MR) is 102 cm³/mol. The first kappa shape index (κ1) is 20.2. The van der Waals surface area contributed by atoms with E-state index in [-0.39, 0.29) is 24.5 Å². The van der Waals surface area contributed by atoms with Crippen molar-refractivity contribution < 1.29 is 19.4 Å². The molecule has 2 N–H and O–H groups in total. The van der Waals surface area contributed by atoms with Crippen molar-refractivity contribution >= 4 is 11.9 Å². The molecule has 7 heteroatoms. The molecular formula is C21H27N3O4. The Hall–Kier alpha value is -2.59.